The van der Waals surface area contributed by atoms with Crippen molar-refractivity contribution >= 4 is 33.8 Å². The largest absolute Gasteiger partial charge is 0.493 e. The van der Waals surface area contributed by atoms with E-state index in [1.807, 2.05) is 41.8 Å². The number of thiazole rings is 1. The lowest BCUT2D eigenvalue weighted by Gasteiger charge is -2.08. The van der Waals surface area contributed by atoms with E-state index in [4.69, 9.17) is 9.47 Å². The van der Waals surface area contributed by atoms with Gasteiger partial charge in [0.15, 0.2) is 11.5 Å². The molecule has 1 amide bonds. The zero-order valence-electron chi connectivity index (χ0n) is 15.4. The quantitative estimate of drug-likeness (QED) is 0.518. The monoisotopic (exact) mass is 394 g/mol. The highest BCUT2D eigenvalue weighted by molar-refractivity contribution is 7.13. The van der Waals surface area contributed by atoms with Crippen molar-refractivity contribution in [3.63, 3.8) is 0 Å². The van der Waals surface area contributed by atoms with Crippen molar-refractivity contribution in [3.05, 3.63) is 53.7 Å². The molecular formula is C20H18N4O3S. The summed E-state index contributed by atoms with van der Waals surface area (Å²) < 4.78 is 10.6. The van der Waals surface area contributed by atoms with Gasteiger partial charge in [-0.3, -0.25) is 9.89 Å². The number of anilines is 1. The number of ether oxygens (including phenoxy) is 2. The van der Waals surface area contributed by atoms with Crippen LogP contribution in [0.4, 0.5) is 5.69 Å². The Morgan fingerprint density at radius 1 is 1.18 bits per heavy atom. The topological polar surface area (TPSA) is 89.1 Å². The lowest BCUT2D eigenvalue weighted by atomic mass is 10.2. The van der Waals surface area contributed by atoms with Crippen LogP contribution in [0.2, 0.25) is 0 Å². The first-order chi connectivity index (χ1) is 13.7. The van der Waals surface area contributed by atoms with E-state index in [9.17, 15) is 4.79 Å². The van der Waals surface area contributed by atoms with Gasteiger partial charge >= 0.3 is 0 Å². The van der Waals surface area contributed by atoms with Crippen LogP contribution < -0.4 is 14.8 Å². The molecule has 2 heterocycles. The summed E-state index contributed by atoms with van der Waals surface area (Å²) in [6, 6.07) is 11.3. The molecule has 0 aliphatic rings. The Morgan fingerprint density at radius 3 is 2.86 bits per heavy atom. The van der Waals surface area contributed by atoms with Crippen LogP contribution in [0.15, 0.2) is 48.0 Å². The minimum atomic E-state index is -0.133. The van der Waals surface area contributed by atoms with E-state index in [-0.39, 0.29) is 12.3 Å². The van der Waals surface area contributed by atoms with E-state index < -0.39 is 0 Å². The van der Waals surface area contributed by atoms with Gasteiger partial charge in [-0.15, -0.1) is 11.3 Å². The molecule has 0 aliphatic carbocycles. The second-order valence-corrected chi connectivity index (χ2v) is 6.94. The van der Waals surface area contributed by atoms with E-state index in [1.165, 1.54) is 11.3 Å². The number of amides is 1. The van der Waals surface area contributed by atoms with E-state index in [0.717, 1.165) is 21.5 Å². The van der Waals surface area contributed by atoms with Gasteiger partial charge in [0.25, 0.3) is 0 Å². The molecule has 0 saturated heterocycles. The maximum absolute atomic E-state index is 12.5. The van der Waals surface area contributed by atoms with Crippen LogP contribution in [0.3, 0.4) is 0 Å². The van der Waals surface area contributed by atoms with Crippen molar-refractivity contribution in [1.29, 1.82) is 0 Å². The number of para-hydroxylation sites is 1. The Kier molecular flexibility index (Phi) is 4.94. The van der Waals surface area contributed by atoms with Gasteiger partial charge < -0.3 is 14.8 Å². The SMILES string of the molecule is COc1ccc(-c2nc(CC(=O)Nc3cccc4cn[nH]c34)cs2)cc1OC. The first-order valence-corrected chi connectivity index (χ1v) is 9.44. The van der Waals surface area contributed by atoms with Gasteiger partial charge in [-0.25, -0.2) is 4.98 Å². The predicted molar refractivity (Wildman–Crippen MR) is 109 cm³/mol. The third kappa shape index (κ3) is 3.54. The summed E-state index contributed by atoms with van der Waals surface area (Å²) >= 11 is 1.48. The number of aromatic nitrogens is 3. The smallest absolute Gasteiger partial charge is 0.230 e. The molecule has 28 heavy (non-hydrogen) atoms. The molecular weight excluding hydrogens is 376 g/mol. The molecule has 0 radical (unpaired) electrons. The van der Waals surface area contributed by atoms with Crippen molar-refractivity contribution in [2.45, 2.75) is 6.42 Å². The van der Waals surface area contributed by atoms with Crippen molar-refractivity contribution in [1.82, 2.24) is 15.2 Å². The molecule has 7 nitrogen and oxygen atoms in total. The fraction of sp³-hybridized carbons (Fsp3) is 0.150. The number of rotatable bonds is 6. The van der Waals surface area contributed by atoms with E-state index in [1.54, 1.807) is 20.4 Å². The molecule has 0 spiro atoms. The molecule has 8 heteroatoms. The Morgan fingerprint density at radius 2 is 2.04 bits per heavy atom. The molecule has 0 bridgehead atoms. The maximum Gasteiger partial charge on any atom is 0.230 e. The van der Waals surface area contributed by atoms with Crippen LogP contribution >= 0.6 is 11.3 Å². The third-order valence-corrected chi connectivity index (χ3v) is 5.21. The number of methoxy groups -OCH3 is 2. The number of nitrogens with zero attached hydrogens (tertiary/aromatic N) is 2. The highest BCUT2D eigenvalue weighted by Crippen LogP contribution is 2.33. The molecule has 0 fully saturated rings. The van der Waals surface area contributed by atoms with Crippen LogP contribution in [-0.2, 0) is 11.2 Å². The van der Waals surface area contributed by atoms with Crippen molar-refractivity contribution in [2.24, 2.45) is 0 Å². The van der Waals surface area contributed by atoms with Crippen molar-refractivity contribution < 1.29 is 14.3 Å². The maximum atomic E-state index is 12.5. The number of hydrogen-bond donors (Lipinski definition) is 2. The van der Waals surface area contributed by atoms with Gasteiger partial charge in [0.1, 0.15) is 5.01 Å². The minimum absolute atomic E-state index is 0.133. The van der Waals surface area contributed by atoms with Gasteiger partial charge in [0, 0.05) is 16.3 Å². The lowest BCUT2D eigenvalue weighted by Crippen LogP contribution is -2.14. The van der Waals surface area contributed by atoms with E-state index >= 15 is 0 Å². The predicted octanol–water partition coefficient (Wildman–Crippen LogP) is 3.88. The number of carbonyl (C=O) groups is 1. The normalized spacial score (nSPS) is 10.8. The van der Waals surface area contributed by atoms with E-state index in [0.29, 0.717) is 22.9 Å². The highest BCUT2D eigenvalue weighted by Gasteiger charge is 2.13. The molecule has 142 valence electrons. The summed E-state index contributed by atoms with van der Waals surface area (Å²) in [6.45, 7) is 0. The molecule has 0 aliphatic heterocycles. The first kappa shape index (κ1) is 18.0. The summed E-state index contributed by atoms with van der Waals surface area (Å²) in [5, 5.41) is 13.5. The van der Waals surface area contributed by atoms with E-state index in [2.05, 4.69) is 20.5 Å². The molecule has 2 aromatic carbocycles. The van der Waals surface area contributed by atoms with Gasteiger partial charge in [0.2, 0.25) is 5.91 Å². The zero-order chi connectivity index (χ0) is 19.5. The Balaban J connectivity index is 1.49. The molecule has 0 atom stereocenters. The first-order valence-electron chi connectivity index (χ1n) is 8.56. The van der Waals surface area contributed by atoms with Gasteiger partial charge in [0.05, 0.1) is 43.7 Å². The number of hydrogen-bond acceptors (Lipinski definition) is 6. The molecule has 0 saturated carbocycles. The number of aromatic amines is 1. The summed E-state index contributed by atoms with van der Waals surface area (Å²) in [5.74, 6) is 1.17. The second-order valence-electron chi connectivity index (χ2n) is 6.08. The molecule has 2 aromatic heterocycles. The second kappa shape index (κ2) is 7.69. The number of carbonyl (C=O) groups excluding carboxylic acids is 1. The zero-order valence-corrected chi connectivity index (χ0v) is 16.2. The summed E-state index contributed by atoms with van der Waals surface area (Å²) in [7, 11) is 3.20. The fourth-order valence-electron chi connectivity index (χ4n) is 2.92. The van der Waals surface area contributed by atoms with Crippen LogP contribution in [0, 0.1) is 0 Å². The molecule has 2 N–H and O–H groups in total. The number of benzene rings is 2. The standard InChI is InChI=1S/C20H18N4O3S/c1-26-16-7-6-12(8-17(16)27-2)20-22-14(11-28-20)9-18(25)23-15-5-3-4-13-10-21-24-19(13)15/h3-8,10-11H,9H2,1-2H3,(H,21,24)(H,23,25). The summed E-state index contributed by atoms with van der Waals surface area (Å²) in [6.07, 6.45) is 1.91. The average Bonchev–Trinajstić information content (AvgIpc) is 3.37. The summed E-state index contributed by atoms with van der Waals surface area (Å²) in [4.78, 5) is 17.0. The Labute approximate surface area is 165 Å². The van der Waals surface area contributed by atoms with Crippen LogP contribution in [0.1, 0.15) is 5.69 Å². The van der Waals surface area contributed by atoms with Gasteiger partial charge in [-0.2, -0.15) is 5.10 Å². The fourth-order valence-corrected chi connectivity index (χ4v) is 3.74. The average molecular weight is 394 g/mol. The van der Waals surface area contributed by atoms with Crippen LogP contribution in [-0.4, -0.2) is 35.3 Å². The van der Waals surface area contributed by atoms with Crippen LogP contribution in [0.25, 0.3) is 21.5 Å². The molecule has 0 unspecified atom stereocenters. The molecule has 4 rings (SSSR count). The lowest BCUT2D eigenvalue weighted by molar-refractivity contribution is -0.115. The number of nitrogens with one attached hydrogen (secondary N) is 2. The summed E-state index contributed by atoms with van der Waals surface area (Å²) in [5.41, 5.74) is 3.14. The van der Waals surface area contributed by atoms with Crippen molar-refractivity contribution in [3.8, 4) is 22.1 Å². The third-order valence-electron chi connectivity index (χ3n) is 4.27. The number of fused-ring (bicyclic) bond motifs is 1. The molecule has 4 aromatic rings. The Bertz CT molecular complexity index is 1140. The van der Waals surface area contributed by atoms with Crippen LogP contribution in [0.5, 0.6) is 11.5 Å². The minimum Gasteiger partial charge on any atom is -0.493 e. The number of H-pyrrole nitrogens is 1. The van der Waals surface area contributed by atoms with Gasteiger partial charge in [-0.05, 0) is 24.3 Å². The van der Waals surface area contributed by atoms with Crippen molar-refractivity contribution in [2.75, 3.05) is 19.5 Å². The Hall–Kier alpha value is -3.39. The highest BCUT2D eigenvalue weighted by atomic mass is 32.1. The van der Waals surface area contributed by atoms with Gasteiger partial charge in [-0.1, -0.05) is 12.1 Å².